The summed E-state index contributed by atoms with van der Waals surface area (Å²) in [5.41, 5.74) is 0.693. The van der Waals surface area contributed by atoms with Gasteiger partial charge < -0.3 is 20.1 Å². The second-order valence-electron chi connectivity index (χ2n) is 7.36. The molecule has 9 heteroatoms. The van der Waals surface area contributed by atoms with Crippen LogP contribution in [0.1, 0.15) is 68.0 Å². The van der Waals surface area contributed by atoms with Gasteiger partial charge in [0.15, 0.2) is 5.96 Å². The van der Waals surface area contributed by atoms with E-state index in [0.717, 1.165) is 11.6 Å². The molecule has 1 aromatic rings. The fraction of sp³-hybridized carbons (Fsp3) is 0.737. The fourth-order valence-electron chi connectivity index (χ4n) is 2.45. The molecular formula is C19H35IN4O3S. The zero-order valence-electron chi connectivity index (χ0n) is 18.2. The minimum atomic E-state index is -0.320. The van der Waals surface area contributed by atoms with E-state index >= 15 is 0 Å². The van der Waals surface area contributed by atoms with E-state index in [1.807, 2.05) is 20.8 Å². The van der Waals surface area contributed by atoms with Crippen molar-refractivity contribution in [3.8, 4) is 0 Å². The number of carbonyl (C=O) groups excluding carboxylic acids is 1. The predicted octanol–water partition coefficient (Wildman–Crippen LogP) is 3.92. The summed E-state index contributed by atoms with van der Waals surface area (Å²) in [5.74, 6) is 0.376. The van der Waals surface area contributed by atoms with Gasteiger partial charge in [0.25, 0.3) is 0 Å². The van der Waals surface area contributed by atoms with Crippen LogP contribution in [0, 0.1) is 12.3 Å². The van der Waals surface area contributed by atoms with Crippen molar-refractivity contribution < 1.29 is 14.3 Å². The van der Waals surface area contributed by atoms with Crippen LogP contribution in [0.15, 0.2) is 4.99 Å². The van der Waals surface area contributed by atoms with Crippen LogP contribution in [0.4, 0.5) is 0 Å². The molecule has 0 saturated carbocycles. The SMILES string of the molecule is CCNC(=NCC(OC)C(C)(C)C)NC(C)c1nc(C)c(C(=O)OCC)s1.I. The highest BCUT2D eigenvalue weighted by molar-refractivity contribution is 14.0. The number of nitrogens with zero attached hydrogens (tertiary/aromatic N) is 2. The number of esters is 1. The molecule has 7 nitrogen and oxygen atoms in total. The van der Waals surface area contributed by atoms with Gasteiger partial charge in [0.2, 0.25) is 0 Å². The Kier molecular flexibility index (Phi) is 12.2. The van der Waals surface area contributed by atoms with Crippen molar-refractivity contribution in [2.24, 2.45) is 10.4 Å². The molecule has 1 heterocycles. The first kappa shape index (κ1) is 27.1. The first-order valence-corrected chi connectivity index (χ1v) is 10.2. The zero-order chi connectivity index (χ0) is 20.6. The van der Waals surface area contributed by atoms with Gasteiger partial charge >= 0.3 is 5.97 Å². The number of halogens is 1. The molecule has 0 aliphatic heterocycles. The molecule has 0 saturated heterocycles. The molecule has 2 atom stereocenters. The molecule has 1 aromatic heterocycles. The van der Waals surface area contributed by atoms with Gasteiger partial charge in [-0.15, -0.1) is 35.3 Å². The van der Waals surface area contributed by atoms with Crippen LogP contribution < -0.4 is 10.6 Å². The maximum atomic E-state index is 12.0. The molecule has 0 spiro atoms. The standard InChI is InChI=1S/C19H34N4O3S.HI/c1-9-20-18(21-11-14(25-8)19(5,6)7)23-13(4)16-22-12(3)15(27-16)17(24)26-10-2;/h13-14H,9-11H2,1-8H3,(H2,20,21,23);1H. The van der Waals surface area contributed by atoms with E-state index in [4.69, 9.17) is 9.47 Å². The van der Waals surface area contributed by atoms with Crippen LogP contribution in [0.3, 0.4) is 0 Å². The number of aryl methyl sites for hydroxylation is 1. The third-order valence-electron chi connectivity index (χ3n) is 4.01. The summed E-state index contributed by atoms with van der Waals surface area (Å²) < 4.78 is 10.7. The van der Waals surface area contributed by atoms with Crippen LogP contribution in [-0.2, 0) is 9.47 Å². The van der Waals surface area contributed by atoms with E-state index in [1.165, 1.54) is 11.3 Å². The summed E-state index contributed by atoms with van der Waals surface area (Å²) in [4.78, 5) is 21.7. The van der Waals surface area contributed by atoms with Gasteiger partial charge in [-0.3, -0.25) is 4.99 Å². The second kappa shape index (κ2) is 12.6. The number of methoxy groups -OCH3 is 1. The monoisotopic (exact) mass is 526 g/mol. The smallest absolute Gasteiger partial charge is 0.350 e. The highest BCUT2D eigenvalue weighted by atomic mass is 127. The molecular weight excluding hydrogens is 491 g/mol. The zero-order valence-corrected chi connectivity index (χ0v) is 21.4. The second-order valence-corrected chi connectivity index (χ2v) is 8.39. The number of guanidine groups is 1. The van der Waals surface area contributed by atoms with E-state index in [1.54, 1.807) is 14.0 Å². The van der Waals surface area contributed by atoms with E-state index < -0.39 is 0 Å². The minimum absolute atomic E-state index is 0. The number of ether oxygens (including phenoxy) is 2. The van der Waals surface area contributed by atoms with Crippen LogP contribution in [-0.4, -0.2) is 49.8 Å². The lowest BCUT2D eigenvalue weighted by Crippen LogP contribution is -2.40. The molecule has 0 aromatic carbocycles. The molecule has 0 aliphatic carbocycles. The van der Waals surface area contributed by atoms with E-state index in [-0.39, 0.29) is 47.5 Å². The molecule has 2 unspecified atom stereocenters. The van der Waals surface area contributed by atoms with Gasteiger partial charge in [0.1, 0.15) is 9.88 Å². The van der Waals surface area contributed by atoms with Crippen LogP contribution in [0.5, 0.6) is 0 Å². The average Bonchev–Trinajstić information content (AvgIpc) is 2.96. The van der Waals surface area contributed by atoms with Crippen molar-refractivity contribution in [2.45, 2.75) is 60.6 Å². The maximum Gasteiger partial charge on any atom is 0.350 e. The number of thiazole rings is 1. The highest BCUT2D eigenvalue weighted by Gasteiger charge is 2.24. The number of carbonyl (C=O) groups is 1. The fourth-order valence-corrected chi connectivity index (χ4v) is 3.41. The maximum absolute atomic E-state index is 12.0. The van der Waals surface area contributed by atoms with Gasteiger partial charge in [-0.2, -0.15) is 0 Å². The van der Waals surface area contributed by atoms with Crippen LogP contribution >= 0.6 is 35.3 Å². The topological polar surface area (TPSA) is 84.8 Å². The first-order chi connectivity index (χ1) is 12.6. The lowest BCUT2D eigenvalue weighted by atomic mass is 9.89. The highest BCUT2D eigenvalue weighted by Crippen LogP contribution is 2.25. The number of nitrogens with one attached hydrogen (secondary N) is 2. The minimum Gasteiger partial charge on any atom is -0.462 e. The Morgan fingerprint density at radius 3 is 2.46 bits per heavy atom. The lowest BCUT2D eigenvalue weighted by Gasteiger charge is -2.28. The Balaban J connectivity index is 0.00000729. The molecule has 1 rings (SSSR count). The summed E-state index contributed by atoms with van der Waals surface area (Å²) in [5, 5.41) is 7.42. The van der Waals surface area contributed by atoms with Crippen LogP contribution in [0.25, 0.3) is 0 Å². The molecule has 0 bridgehead atoms. The van der Waals surface area contributed by atoms with Gasteiger partial charge in [0.05, 0.1) is 31.0 Å². The normalized spacial score (nSPS) is 14.1. The van der Waals surface area contributed by atoms with E-state index in [0.29, 0.717) is 29.7 Å². The van der Waals surface area contributed by atoms with E-state index in [9.17, 15) is 4.79 Å². The quantitative estimate of drug-likeness (QED) is 0.231. The van der Waals surface area contributed by atoms with Gasteiger partial charge in [-0.1, -0.05) is 20.8 Å². The van der Waals surface area contributed by atoms with Gasteiger partial charge in [-0.05, 0) is 33.1 Å². The predicted molar refractivity (Wildman–Crippen MR) is 126 cm³/mol. The first-order valence-electron chi connectivity index (χ1n) is 9.36. The third-order valence-corrected chi connectivity index (χ3v) is 5.33. The van der Waals surface area contributed by atoms with Crippen molar-refractivity contribution in [2.75, 3.05) is 26.8 Å². The number of hydrogen-bond acceptors (Lipinski definition) is 6. The van der Waals surface area contributed by atoms with Crippen molar-refractivity contribution >= 4 is 47.2 Å². The summed E-state index contributed by atoms with van der Waals surface area (Å²) in [6, 6.07) is -0.0923. The van der Waals surface area contributed by atoms with Gasteiger partial charge in [-0.25, -0.2) is 9.78 Å². The number of aliphatic imine (C=N–C) groups is 1. The van der Waals surface area contributed by atoms with Crippen molar-refractivity contribution in [3.63, 3.8) is 0 Å². The molecule has 28 heavy (non-hydrogen) atoms. The summed E-state index contributed by atoms with van der Waals surface area (Å²) in [6.45, 7) is 15.7. The largest absolute Gasteiger partial charge is 0.462 e. The molecule has 2 N–H and O–H groups in total. The van der Waals surface area contributed by atoms with Crippen LogP contribution in [0.2, 0.25) is 0 Å². The Hall–Kier alpha value is -0.940. The Labute approximate surface area is 190 Å². The average molecular weight is 526 g/mol. The molecule has 0 amide bonds. The molecule has 162 valence electrons. The molecule has 0 aliphatic rings. The Morgan fingerprint density at radius 2 is 1.96 bits per heavy atom. The summed E-state index contributed by atoms with van der Waals surface area (Å²) in [7, 11) is 1.71. The number of hydrogen-bond donors (Lipinski definition) is 2. The summed E-state index contributed by atoms with van der Waals surface area (Å²) >= 11 is 1.35. The molecule has 0 radical (unpaired) electrons. The van der Waals surface area contributed by atoms with Crippen molar-refractivity contribution in [1.29, 1.82) is 0 Å². The van der Waals surface area contributed by atoms with Crippen molar-refractivity contribution in [3.05, 3.63) is 15.6 Å². The van der Waals surface area contributed by atoms with E-state index in [2.05, 4.69) is 41.4 Å². The Morgan fingerprint density at radius 1 is 1.32 bits per heavy atom. The number of rotatable bonds is 8. The summed E-state index contributed by atoms with van der Waals surface area (Å²) in [6.07, 6.45) is 0.0146. The van der Waals surface area contributed by atoms with Gasteiger partial charge in [0, 0.05) is 13.7 Å². The third kappa shape index (κ3) is 8.20. The molecule has 0 fully saturated rings. The lowest BCUT2D eigenvalue weighted by molar-refractivity contribution is 0.0241. The Bertz CT molecular complexity index is 644. The number of aromatic nitrogens is 1. The van der Waals surface area contributed by atoms with Crippen molar-refractivity contribution in [1.82, 2.24) is 15.6 Å².